The zero-order valence-corrected chi connectivity index (χ0v) is 14.0. The number of nitrogens with one attached hydrogen (secondary N) is 1. The molecule has 0 unspecified atom stereocenters. The first kappa shape index (κ1) is 17.3. The van der Waals surface area contributed by atoms with E-state index in [2.05, 4.69) is 5.32 Å². The third kappa shape index (κ3) is 5.58. The minimum atomic E-state index is -3.31. The molecule has 0 spiro atoms. The van der Waals surface area contributed by atoms with Crippen LogP contribution in [0.5, 0.6) is 5.75 Å². The fraction of sp³-hybridized carbons (Fsp3) is 0.188. The molecule has 0 fully saturated rings. The molecule has 0 saturated carbocycles. The summed E-state index contributed by atoms with van der Waals surface area (Å²) in [6, 6.07) is 13.0. The monoisotopic (exact) mass is 353 g/mol. The highest BCUT2D eigenvalue weighted by Crippen LogP contribution is 2.18. The molecule has 122 valence electrons. The highest BCUT2D eigenvalue weighted by molar-refractivity contribution is 7.90. The van der Waals surface area contributed by atoms with Crippen LogP contribution in [0.15, 0.2) is 53.4 Å². The molecule has 0 bridgehead atoms. The Balaban J connectivity index is 1.88. The maximum absolute atomic E-state index is 11.9. The average molecular weight is 354 g/mol. The van der Waals surface area contributed by atoms with Crippen LogP contribution in [0.4, 0.5) is 5.69 Å². The van der Waals surface area contributed by atoms with Gasteiger partial charge in [0.1, 0.15) is 5.75 Å². The van der Waals surface area contributed by atoms with Crippen molar-refractivity contribution in [3.63, 3.8) is 0 Å². The second-order valence-electron chi connectivity index (χ2n) is 4.90. The van der Waals surface area contributed by atoms with E-state index in [0.29, 0.717) is 16.5 Å². The van der Waals surface area contributed by atoms with Gasteiger partial charge in [0.15, 0.2) is 9.84 Å². The first-order valence-corrected chi connectivity index (χ1v) is 9.10. The van der Waals surface area contributed by atoms with Crippen LogP contribution in [0, 0.1) is 0 Å². The van der Waals surface area contributed by atoms with Gasteiger partial charge in [-0.05, 0) is 36.4 Å². The Labute approximate surface area is 140 Å². The molecule has 0 aliphatic carbocycles. The Kier molecular flexibility index (Phi) is 5.63. The molecule has 0 radical (unpaired) electrons. The molecule has 0 saturated heterocycles. The molecule has 5 nitrogen and oxygen atoms in total. The number of carbonyl (C=O) groups is 1. The maximum atomic E-state index is 11.9. The number of ether oxygens (including phenoxy) is 1. The Hall–Kier alpha value is -2.05. The molecule has 0 atom stereocenters. The number of halogens is 1. The number of amides is 1. The van der Waals surface area contributed by atoms with Crippen LogP contribution in [0.3, 0.4) is 0 Å². The lowest BCUT2D eigenvalue weighted by Crippen LogP contribution is -2.15. The smallest absolute Gasteiger partial charge is 0.227 e. The lowest BCUT2D eigenvalue weighted by molar-refractivity contribution is -0.116. The van der Waals surface area contributed by atoms with Gasteiger partial charge in [-0.3, -0.25) is 4.79 Å². The highest BCUT2D eigenvalue weighted by atomic mass is 35.5. The molecule has 0 aromatic heterocycles. The number of carbonyl (C=O) groups excluding carboxylic acids is 1. The number of hydrogen-bond donors (Lipinski definition) is 1. The largest absolute Gasteiger partial charge is 0.493 e. The summed E-state index contributed by atoms with van der Waals surface area (Å²) < 4.78 is 28.4. The van der Waals surface area contributed by atoms with Crippen molar-refractivity contribution >= 4 is 33.0 Å². The van der Waals surface area contributed by atoms with Crippen molar-refractivity contribution in [2.75, 3.05) is 18.2 Å². The van der Waals surface area contributed by atoms with Gasteiger partial charge in [-0.1, -0.05) is 23.7 Å². The Morgan fingerprint density at radius 1 is 1.17 bits per heavy atom. The first-order valence-electron chi connectivity index (χ1n) is 6.83. The number of hydrogen-bond acceptors (Lipinski definition) is 4. The SMILES string of the molecule is CS(=O)(=O)c1cccc(NC(=O)CCOc2cccc(Cl)c2)c1. The molecule has 2 rings (SSSR count). The van der Waals surface area contributed by atoms with Crippen LogP contribution in [-0.2, 0) is 14.6 Å². The van der Waals surface area contributed by atoms with Gasteiger partial charge >= 0.3 is 0 Å². The molecule has 0 aliphatic heterocycles. The van der Waals surface area contributed by atoms with Gasteiger partial charge < -0.3 is 10.1 Å². The van der Waals surface area contributed by atoms with Crippen molar-refractivity contribution < 1.29 is 17.9 Å². The summed E-state index contributed by atoms with van der Waals surface area (Å²) in [5, 5.41) is 3.20. The summed E-state index contributed by atoms with van der Waals surface area (Å²) in [4.78, 5) is 12.0. The second kappa shape index (κ2) is 7.48. The second-order valence-corrected chi connectivity index (χ2v) is 7.36. The molecule has 1 amide bonds. The summed E-state index contributed by atoms with van der Waals surface area (Å²) in [5.74, 6) is 0.321. The fourth-order valence-corrected chi connectivity index (χ4v) is 2.69. The zero-order chi connectivity index (χ0) is 16.9. The lowest BCUT2D eigenvalue weighted by atomic mass is 10.3. The standard InChI is InChI=1S/C16H16ClNO4S/c1-23(20,21)15-7-3-5-13(11-15)18-16(19)8-9-22-14-6-2-4-12(17)10-14/h2-7,10-11H,8-9H2,1H3,(H,18,19). The van der Waals surface area contributed by atoms with Gasteiger partial charge in [-0.2, -0.15) is 0 Å². The Morgan fingerprint density at radius 2 is 1.91 bits per heavy atom. The van der Waals surface area contributed by atoms with Crippen LogP contribution < -0.4 is 10.1 Å². The summed E-state index contributed by atoms with van der Waals surface area (Å²) in [7, 11) is -3.31. The van der Waals surface area contributed by atoms with Gasteiger partial charge in [0.25, 0.3) is 0 Å². The molecule has 0 aliphatic rings. The van der Waals surface area contributed by atoms with E-state index in [1.165, 1.54) is 12.1 Å². The van der Waals surface area contributed by atoms with Gasteiger partial charge in [0.2, 0.25) is 5.91 Å². The highest BCUT2D eigenvalue weighted by Gasteiger charge is 2.09. The molecule has 0 heterocycles. The lowest BCUT2D eigenvalue weighted by Gasteiger charge is -2.08. The van der Waals surface area contributed by atoms with Crippen LogP contribution in [-0.4, -0.2) is 27.2 Å². The van der Waals surface area contributed by atoms with E-state index in [9.17, 15) is 13.2 Å². The topological polar surface area (TPSA) is 72.5 Å². The quantitative estimate of drug-likeness (QED) is 0.865. The van der Waals surface area contributed by atoms with Crippen molar-refractivity contribution in [3.05, 3.63) is 53.6 Å². The van der Waals surface area contributed by atoms with E-state index in [1.807, 2.05) is 0 Å². The normalized spacial score (nSPS) is 11.0. The molecule has 2 aromatic rings. The number of benzene rings is 2. The first-order chi connectivity index (χ1) is 10.8. The van der Waals surface area contributed by atoms with E-state index in [4.69, 9.17) is 16.3 Å². The van der Waals surface area contributed by atoms with E-state index in [-0.39, 0.29) is 23.8 Å². The summed E-state index contributed by atoms with van der Waals surface area (Å²) in [5.41, 5.74) is 0.431. The van der Waals surface area contributed by atoms with E-state index in [1.54, 1.807) is 36.4 Å². The minimum Gasteiger partial charge on any atom is -0.493 e. The molecule has 7 heteroatoms. The van der Waals surface area contributed by atoms with Crippen LogP contribution in [0.1, 0.15) is 6.42 Å². The van der Waals surface area contributed by atoms with E-state index < -0.39 is 9.84 Å². The third-order valence-electron chi connectivity index (χ3n) is 2.94. The molecule has 23 heavy (non-hydrogen) atoms. The number of rotatable bonds is 6. The summed E-state index contributed by atoms with van der Waals surface area (Å²) >= 11 is 5.84. The minimum absolute atomic E-state index is 0.135. The molecule has 2 aromatic carbocycles. The molecular formula is C16H16ClNO4S. The van der Waals surface area contributed by atoms with E-state index in [0.717, 1.165) is 6.26 Å². The van der Waals surface area contributed by atoms with E-state index >= 15 is 0 Å². The fourth-order valence-electron chi connectivity index (χ4n) is 1.85. The van der Waals surface area contributed by atoms with Crippen molar-refractivity contribution in [1.29, 1.82) is 0 Å². The molecular weight excluding hydrogens is 338 g/mol. The predicted octanol–water partition coefficient (Wildman–Crippen LogP) is 3.15. The summed E-state index contributed by atoms with van der Waals surface area (Å²) in [6.45, 7) is 0.192. The Morgan fingerprint density at radius 3 is 2.61 bits per heavy atom. The maximum Gasteiger partial charge on any atom is 0.227 e. The van der Waals surface area contributed by atoms with Gasteiger partial charge in [0, 0.05) is 17.0 Å². The zero-order valence-electron chi connectivity index (χ0n) is 12.5. The predicted molar refractivity (Wildman–Crippen MR) is 89.7 cm³/mol. The van der Waals surface area contributed by atoms with Crippen LogP contribution in [0.25, 0.3) is 0 Å². The average Bonchev–Trinajstić information content (AvgIpc) is 2.46. The molecule has 1 N–H and O–H groups in total. The van der Waals surface area contributed by atoms with Crippen LogP contribution in [0.2, 0.25) is 5.02 Å². The van der Waals surface area contributed by atoms with Crippen molar-refractivity contribution in [2.24, 2.45) is 0 Å². The van der Waals surface area contributed by atoms with Crippen molar-refractivity contribution in [1.82, 2.24) is 0 Å². The van der Waals surface area contributed by atoms with Gasteiger partial charge in [0.05, 0.1) is 17.9 Å². The summed E-state index contributed by atoms with van der Waals surface area (Å²) in [6.07, 6.45) is 1.25. The number of sulfone groups is 1. The van der Waals surface area contributed by atoms with Crippen LogP contribution >= 0.6 is 11.6 Å². The van der Waals surface area contributed by atoms with Gasteiger partial charge in [-0.25, -0.2) is 8.42 Å². The van der Waals surface area contributed by atoms with Crippen molar-refractivity contribution in [2.45, 2.75) is 11.3 Å². The third-order valence-corrected chi connectivity index (χ3v) is 4.29. The Bertz CT molecular complexity index is 805. The van der Waals surface area contributed by atoms with Gasteiger partial charge in [-0.15, -0.1) is 0 Å². The van der Waals surface area contributed by atoms with Crippen molar-refractivity contribution in [3.8, 4) is 5.75 Å². The number of anilines is 1.